The van der Waals surface area contributed by atoms with Crippen molar-refractivity contribution in [1.82, 2.24) is 10.2 Å². The number of hydrogen-bond acceptors (Lipinski definition) is 4. The number of hydrogen-bond donors (Lipinski definition) is 2. The van der Waals surface area contributed by atoms with Crippen LogP contribution >= 0.6 is 0 Å². The number of likely N-dealkylation sites (tertiary alicyclic amines) is 1. The molecule has 1 saturated carbocycles. The molecule has 5 nitrogen and oxygen atoms in total. The fourth-order valence-corrected chi connectivity index (χ4v) is 2.56. The zero-order valence-electron chi connectivity index (χ0n) is 11.3. The van der Waals surface area contributed by atoms with E-state index in [2.05, 4.69) is 5.32 Å². The van der Waals surface area contributed by atoms with Crippen molar-refractivity contribution in [2.24, 2.45) is 5.92 Å². The lowest BCUT2D eigenvalue weighted by atomic mass is 9.90. The highest BCUT2D eigenvalue weighted by atomic mass is 16.6. The molecule has 1 amide bonds. The molecule has 0 aromatic heterocycles. The lowest BCUT2D eigenvalue weighted by Crippen LogP contribution is -2.53. The molecule has 2 fully saturated rings. The summed E-state index contributed by atoms with van der Waals surface area (Å²) in [7, 11) is 0. The molecule has 1 aliphatic carbocycles. The Labute approximate surface area is 108 Å². The van der Waals surface area contributed by atoms with E-state index in [-0.39, 0.29) is 24.2 Å². The minimum atomic E-state index is -0.384. The number of piperidine rings is 1. The fourth-order valence-electron chi connectivity index (χ4n) is 2.56. The summed E-state index contributed by atoms with van der Waals surface area (Å²) in [5.74, 6) is 0.138. The van der Waals surface area contributed by atoms with Crippen LogP contribution in [0.25, 0.3) is 0 Å². The average molecular weight is 256 g/mol. The second kappa shape index (κ2) is 5.89. The van der Waals surface area contributed by atoms with Gasteiger partial charge in [-0.05, 0) is 33.1 Å². The first-order valence-electron chi connectivity index (χ1n) is 6.96. The Balaban J connectivity index is 1.93. The van der Waals surface area contributed by atoms with Crippen LogP contribution in [0, 0.1) is 5.92 Å². The highest BCUT2D eigenvalue weighted by Gasteiger charge is 2.35. The predicted octanol–water partition coefficient (Wildman–Crippen LogP) is 0.966. The topological polar surface area (TPSA) is 61.8 Å². The molecule has 2 rings (SSSR count). The highest BCUT2D eigenvalue weighted by Crippen LogP contribution is 2.25. The third-order valence-electron chi connectivity index (χ3n) is 3.74. The molecule has 1 heterocycles. The van der Waals surface area contributed by atoms with Gasteiger partial charge >= 0.3 is 6.09 Å². The maximum absolute atomic E-state index is 11.8. The van der Waals surface area contributed by atoms with Gasteiger partial charge in [-0.25, -0.2) is 4.79 Å². The summed E-state index contributed by atoms with van der Waals surface area (Å²) in [5.41, 5.74) is 0. The summed E-state index contributed by atoms with van der Waals surface area (Å²) in [6, 6.07) is 0.905. The standard InChI is InChI=1S/C13H24N2O3/c1-3-18-13(17)15-7-10(9(2)16)6-12(8-15)14-11-4-5-11/h9-12,14,16H,3-8H2,1-2H3. The first-order chi connectivity index (χ1) is 8.60. The molecule has 104 valence electrons. The van der Waals surface area contributed by atoms with Crippen LogP contribution in [0.1, 0.15) is 33.1 Å². The van der Waals surface area contributed by atoms with E-state index in [1.165, 1.54) is 12.8 Å². The van der Waals surface area contributed by atoms with Crippen LogP contribution in [-0.2, 0) is 4.74 Å². The quantitative estimate of drug-likeness (QED) is 0.786. The number of amides is 1. The van der Waals surface area contributed by atoms with Crippen LogP contribution in [0.4, 0.5) is 4.79 Å². The van der Waals surface area contributed by atoms with Crippen molar-refractivity contribution in [3.8, 4) is 0 Å². The Morgan fingerprint density at radius 2 is 2.17 bits per heavy atom. The average Bonchev–Trinajstić information content (AvgIpc) is 3.12. The third-order valence-corrected chi connectivity index (χ3v) is 3.74. The Hall–Kier alpha value is -0.810. The maximum atomic E-state index is 11.8. The van der Waals surface area contributed by atoms with Crippen molar-refractivity contribution in [3.63, 3.8) is 0 Å². The van der Waals surface area contributed by atoms with Gasteiger partial charge in [0, 0.05) is 31.1 Å². The third kappa shape index (κ3) is 3.59. The predicted molar refractivity (Wildman–Crippen MR) is 68.3 cm³/mol. The number of aliphatic hydroxyl groups is 1. The molecular weight excluding hydrogens is 232 g/mol. The van der Waals surface area contributed by atoms with Crippen molar-refractivity contribution < 1.29 is 14.6 Å². The highest BCUT2D eigenvalue weighted by molar-refractivity contribution is 5.67. The first-order valence-corrected chi connectivity index (χ1v) is 6.96. The largest absolute Gasteiger partial charge is 0.450 e. The number of ether oxygens (including phenoxy) is 1. The van der Waals surface area contributed by atoms with Crippen LogP contribution in [0.5, 0.6) is 0 Å². The summed E-state index contributed by atoms with van der Waals surface area (Å²) in [4.78, 5) is 13.5. The Morgan fingerprint density at radius 3 is 2.72 bits per heavy atom. The summed E-state index contributed by atoms with van der Waals surface area (Å²) < 4.78 is 5.06. The van der Waals surface area contributed by atoms with Crippen molar-refractivity contribution in [2.45, 2.75) is 51.3 Å². The molecule has 1 saturated heterocycles. The van der Waals surface area contributed by atoms with Gasteiger partial charge in [0.15, 0.2) is 0 Å². The van der Waals surface area contributed by atoms with Crippen LogP contribution < -0.4 is 5.32 Å². The van der Waals surface area contributed by atoms with E-state index >= 15 is 0 Å². The fraction of sp³-hybridized carbons (Fsp3) is 0.923. The van der Waals surface area contributed by atoms with E-state index < -0.39 is 0 Å². The molecule has 0 spiro atoms. The van der Waals surface area contributed by atoms with E-state index in [1.54, 1.807) is 11.8 Å². The van der Waals surface area contributed by atoms with Gasteiger partial charge < -0.3 is 20.1 Å². The maximum Gasteiger partial charge on any atom is 0.409 e. The van der Waals surface area contributed by atoms with Gasteiger partial charge in [-0.3, -0.25) is 0 Å². The minimum absolute atomic E-state index is 0.138. The monoisotopic (exact) mass is 256 g/mol. The zero-order valence-corrected chi connectivity index (χ0v) is 11.3. The Bertz CT molecular complexity index is 292. The number of carbonyl (C=O) groups excluding carboxylic acids is 1. The van der Waals surface area contributed by atoms with E-state index in [9.17, 15) is 9.90 Å². The molecule has 5 heteroatoms. The van der Waals surface area contributed by atoms with Crippen LogP contribution in [0.15, 0.2) is 0 Å². The van der Waals surface area contributed by atoms with E-state index in [4.69, 9.17) is 4.74 Å². The molecule has 0 aromatic carbocycles. The van der Waals surface area contributed by atoms with Gasteiger partial charge in [-0.1, -0.05) is 0 Å². The van der Waals surface area contributed by atoms with Gasteiger partial charge in [-0.2, -0.15) is 0 Å². The van der Waals surface area contributed by atoms with Crippen LogP contribution in [0.3, 0.4) is 0 Å². The minimum Gasteiger partial charge on any atom is -0.450 e. The summed E-state index contributed by atoms with van der Waals surface area (Å²) in [5, 5.41) is 13.3. The number of aliphatic hydroxyl groups excluding tert-OH is 1. The lowest BCUT2D eigenvalue weighted by molar-refractivity contribution is 0.0376. The van der Waals surface area contributed by atoms with Crippen molar-refractivity contribution in [3.05, 3.63) is 0 Å². The second-order valence-corrected chi connectivity index (χ2v) is 5.48. The van der Waals surface area contributed by atoms with Crippen LogP contribution in [0.2, 0.25) is 0 Å². The Kier molecular flexibility index (Phi) is 4.45. The first kappa shape index (κ1) is 13.6. The number of nitrogens with one attached hydrogen (secondary N) is 1. The van der Waals surface area contributed by atoms with E-state index in [0.29, 0.717) is 25.7 Å². The van der Waals surface area contributed by atoms with Gasteiger partial charge in [-0.15, -0.1) is 0 Å². The molecule has 18 heavy (non-hydrogen) atoms. The lowest BCUT2D eigenvalue weighted by Gasteiger charge is -2.38. The molecule has 0 aromatic rings. The number of nitrogens with zero attached hydrogens (tertiary/aromatic N) is 1. The number of rotatable bonds is 4. The SMILES string of the molecule is CCOC(=O)N1CC(NC2CC2)CC(C(C)O)C1. The smallest absolute Gasteiger partial charge is 0.409 e. The Morgan fingerprint density at radius 1 is 1.44 bits per heavy atom. The molecular formula is C13H24N2O3. The van der Waals surface area contributed by atoms with Crippen molar-refractivity contribution in [1.29, 1.82) is 0 Å². The number of carbonyl (C=O) groups is 1. The van der Waals surface area contributed by atoms with Gasteiger partial charge in [0.2, 0.25) is 0 Å². The summed E-state index contributed by atoms with van der Waals surface area (Å²) >= 11 is 0. The molecule has 3 atom stereocenters. The van der Waals surface area contributed by atoms with Gasteiger partial charge in [0.25, 0.3) is 0 Å². The van der Waals surface area contributed by atoms with Gasteiger partial charge in [0.05, 0.1) is 12.7 Å². The van der Waals surface area contributed by atoms with E-state index in [1.807, 2.05) is 6.92 Å². The zero-order chi connectivity index (χ0) is 13.1. The van der Waals surface area contributed by atoms with Crippen molar-refractivity contribution in [2.75, 3.05) is 19.7 Å². The molecule has 3 unspecified atom stereocenters. The summed E-state index contributed by atoms with van der Waals surface area (Å²) in [6.45, 7) is 5.30. The van der Waals surface area contributed by atoms with Gasteiger partial charge in [0.1, 0.15) is 0 Å². The molecule has 0 radical (unpaired) electrons. The van der Waals surface area contributed by atoms with E-state index in [0.717, 1.165) is 6.42 Å². The normalized spacial score (nSPS) is 30.1. The molecule has 0 bridgehead atoms. The molecule has 2 N–H and O–H groups in total. The van der Waals surface area contributed by atoms with Crippen molar-refractivity contribution >= 4 is 6.09 Å². The summed E-state index contributed by atoms with van der Waals surface area (Å²) in [6.07, 6.45) is 2.75. The molecule has 1 aliphatic heterocycles. The molecule has 2 aliphatic rings. The second-order valence-electron chi connectivity index (χ2n) is 5.48. The van der Waals surface area contributed by atoms with Crippen LogP contribution in [-0.4, -0.2) is 54.0 Å².